The number of benzene rings is 1. The van der Waals surface area contributed by atoms with E-state index in [1.54, 1.807) is 17.0 Å². The number of amides is 3. The van der Waals surface area contributed by atoms with Crippen molar-refractivity contribution in [3.63, 3.8) is 0 Å². The van der Waals surface area contributed by atoms with Gasteiger partial charge < -0.3 is 0 Å². The number of carbonyl (C=O) groups is 4. The molecule has 0 saturated carbocycles. The van der Waals surface area contributed by atoms with E-state index in [2.05, 4.69) is 28.3 Å². The number of hydrogen-bond acceptors (Lipinski definition) is 8. The van der Waals surface area contributed by atoms with Crippen LogP contribution in [-0.2, 0) is 25.8 Å². The molecule has 4 rings (SSSR count). The molecule has 0 spiro atoms. The van der Waals surface area contributed by atoms with E-state index in [-0.39, 0.29) is 19.4 Å². The first-order valence-electron chi connectivity index (χ1n) is 15.1. The van der Waals surface area contributed by atoms with Crippen molar-refractivity contribution in [3.05, 3.63) is 72.0 Å². The number of aromatic nitrogens is 2. The van der Waals surface area contributed by atoms with Crippen LogP contribution in [-0.4, -0.2) is 66.0 Å². The quantitative estimate of drug-likeness (QED) is 0.0982. The molecule has 3 amide bonds. The van der Waals surface area contributed by atoms with E-state index >= 15 is 0 Å². The summed E-state index contributed by atoms with van der Waals surface area (Å²) in [5.74, 6) is -1.37. The van der Waals surface area contributed by atoms with Crippen LogP contribution >= 0.6 is 0 Å². The second-order valence-electron chi connectivity index (χ2n) is 12.1. The average molecular weight is 749 g/mol. The number of aliphatic hydroxyl groups is 1. The van der Waals surface area contributed by atoms with Gasteiger partial charge in [0.25, 0.3) is 0 Å². The van der Waals surface area contributed by atoms with E-state index in [0.717, 1.165) is 24.0 Å². The van der Waals surface area contributed by atoms with Crippen LogP contribution in [0.1, 0.15) is 70.3 Å². The fourth-order valence-electron chi connectivity index (χ4n) is 5.46. The number of nitrogens with zero attached hydrogens (tertiary/aromatic N) is 4. The Morgan fingerprint density at radius 1 is 1.24 bits per heavy atom. The van der Waals surface area contributed by atoms with E-state index in [4.69, 9.17) is 9.82 Å². The SMILES string of the molecule is C=Cc1ccc(F)cc1-c1cn(CC2=CCCC=C2)c([C@H](N(CCCN[I-]C(=O)ON2C(=O)CCC2=O)C(=O)CO)C(C)(C)C)n1. The summed E-state index contributed by atoms with van der Waals surface area (Å²) in [6.45, 7) is 10.2. The van der Waals surface area contributed by atoms with Crippen LogP contribution in [0, 0.1) is 11.2 Å². The van der Waals surface area contributed by atoms with Crippen molar-refractivity contribution < 1.29 is 55.0 Å². The molecule has 0 unspecified atom stereocenters. The normalized spacial score (nSPS) is 15.7. The van der Waals surface area contributed by atoms with Gasteiger partial charge in [-0.05, 0) is 12.5 Å². The zero-order valence-electron chi connectivity index (χ0n) is 26.3. The molecule has 13 heteroatoms. The summed E-state index contributed by atoms with van der Waals surface area (Å²) >= 11 is -1.35. The molecule has 2 N–H and O–H groups in total. The Morgan fingerprint density at radius 2 is 1.98 bits per heavy atom. The molecule has 1 aromatic heterocycles. The number of imide groups is 1. The van der Waals surface area contributed by atoms with Gasteiger partial charge in [0, 0.05) is 0 Å². The molecule has 1 atom stereocenters. The first-order valence-corrected chi connectivity index (χ1v) is 17.3. The second kappa shape index (κ2) is 15.7. The molecule has 248 valence electrons. The third-order valence-corrected chi connectivity index (χ3v) is 9.12. The summed E-state index contributed by atoms with van der Waals surface area (Å²) in [7, 11) is 0. The molecule has 0 bridgehead atoms. The van der Waals surface area contributed by atoms with Gasteiger partial charge in [-0.25, -0.2) is 4.39 Å². The molecule has 1 aliphatic carbocycles. The van der Waals surface area contributed by atoms with E-state index in [0.29, 0.717) is 41.7 Å². The Bertz CT molecular complexity index is 1530. The van der Waals surface area contributed by atoms with Gasteiger partial charge >= 0.3 is 256 Å². The van der Waals surface area contributed by atoms with Crippen molar-refractivity contribution in [2.24, 2.45) is 5.41 Å². The third-order valence-electron chi connectivity index (χ3n) is 7.56. The van der Waals surface area contributed by atoms with Gasteiger partial charge in [-0.3, -0.25) is 0 Å². The van der Waals surface area contributed by atoms with Crippen LogP contribution in [0.2, 0.25) is 0 Å². The number of hydroxylamine groups is 2. The van der Waals surface area contributed by atoms with Crippen LogP contribution in [0.5, 0.6) is 0 Å². The summed E-state index contributed by atoms with van der Waals surface area (Å²) in [5.41, 5.74) is 2.38. The first kappa shape index (κ1) is 35.2. The predicted octanol–water partition coefficient (Wildman–Crippen LogP) is 1.70. The summed E-state index contributed by atoms with van der Waals surface area (Å²) in [4.78, 5) is 60.5. The molecule has 1 fully saturated rings. The van der Waals surface area contributed by atoms with Crippen molar-refractivity contribution in [3.8, 4) is 11.3 Å². The number of allylic oxidation sites excluding steroid dienone is 4. The molecule has 1 saturated heterocycles. The standard InChI is InChI=1S/C33H40FIN5O6/c1-5-23-12-13-24(34)18-25(23)26-20-38(19-22-10-7-6-8-11-22)31(37-26)30(33(2,3)4)39(29(44)21-41)17-9-16-36-35-32(45)46-40-27(42)14-15-28(40)43/h5,7,10-13,18,20,30,36,41H,1,6,8-9,14-17,19,21H2,2-4H3/q-1/t30-/m0/s1. The van der Waals surface area contributed by atoms with Gasteiger partial charge in [0.05, 0.1) is 0 Å². The second-order valence-corrected chi connectivity index (χ2v) is 14.2. The fourth-order valence-corrected chi connectivity index (χ4v) is 6.72. The van der Waals surface area contributed by atoms with Crippen molar-refractivity contribution in [2.45, 2.75) is 65.5 Å². The molecular weight excluding hydrogens is 708 g/mol. The van der Waals surface area contributed by atoms with E-state index in [1.165, 1.54) is 12.1 Å². The Hall–Kier alpha value is -3.69. The number of nitrogens with one attached hydrogen (secondary N) is 1. The first-order chi connectivity index (χ1) is 21.9. The molecule has 1 aromatic carbocycles. The summed E-state index contributed by atoms with van der Waals surface area (Å²) in [5, 5.41) is 10.5. The molecule has 0 radical (unpaired) electrons. The van der Waals surface area contributed by atoms with Crippen molar-refractivity contribution in [1.82, 2.24) is 23.0 Å². The van der Waals surface area contributed by atoms with Gasteiger partial charge in [0.15, 0.2) is 0 Å². The van der Waals surface area contributed by atoms with Crippen LogP contribution in [0.3, 0.4) is 0 Å². The maximum atomic E-state index is 14.4. The Balaban J connectivity index is 1.59. The number of halogens is 2. The monoisotopic (exact) mass is 748 g/mol. The Labute approximate surface area is 278 Å². The zero-order chi connectivity index (χ0) is 33.4. The zero-order valence-corrected chi connectivity index (χ0v) is 28.5. The Morgan fingerprint density at radius 3 is 2.61 bits per heavy atom. The topological polar surface area (TPSA) is 134 Å². The maximum absolute atomic E-state index is 14.4. The number of aliphatic hydroxyl groups excluding tert-OH is 1. The van der Waals surface area contributed by atoms with Crippen LogP contribution in [0.15, 0.2) is 54.8 Å². The van der Waals surface area contributed by atoms with E-state index in [9.17, 15) is 28.7 Å². The molecular formula is C33H40FIN5O6-. The third kappa shape index (κ3) is 8.76. The summed E-state index contributed by atoms with van der Waals surface area (Å²) in [6.07, 6.45) is 12.2. The fraction of sp³-hybridized carbons (Fsp3) is 0.424. The van der Waals surface area contributed by atoms with Crippen LogP contribution in [0.4, 0.5) is 9.18 Å². The van der Waals surface area contributed by atoms with Gasteiger partial charge in [0.2, 0.25) is 0 Å². The minimum absolute atomic E-state index is 0.0210. The van der Waals surface area contributed by atoms with Gasteiger partial charge in [-0.1, -0.05) is 6.58 Å². The van der Waals surface area contributed by atoms with Crippen molar-refractivity contribution in [2.75, 3.05) is 19.7 Å². The molecule has 11 nitrogen and oxygen atoms in total. The Kier molecular flexibility index (Phi) is 12.0. The van der Waals surface area contributed by atoms with Crippen LogP contribution < -0.4 is 25.0 Å². The molecule has 2 aromatic rings. The van der Waals surface area contributed by atoms with Crippen molar-refractivity contribution >= 4 is 27.8 Å². The number of carbonyl (C=O) groups excluding carboxylic acids is 4. The molecule has 2 heterocycles. The van der Waals surface area contributed by atoms with Gasteiger partial charge in [-0.15, -0.1) is 0 Å². The van der Waals surface area contributed by atoms with E-state index in [1.807, 2.05) is 31.5 Å². The average Bonchev–Trinajstić information content (AvgIpc) is 3.57. The van der Waals surface area contributed by atoms with Crippen molar-refractivity contribution in [1.29, 1.82) is 0 Å². The van der Waals surface area contributed by atoms with Crippen LogP contribution in [0.25, 0.3) is 17.3 Å². The molecule has 1 aliphatic heterocycles. The van der Waals surface area contributed by atoms with Gasteiger partial charge in [-0.2, -0.15) is 0 Å². The van der Waals surface area contributed by atoms with E-state index < -0.39 is 67.1 Å². The summed E-state index contributed by atoms with van der Waals surface area (Å²) < 4.78 is 18.8. The molecule has 46 heavy (non-hydrogen) atoms. The minimum atomic E-state index is -1.35. The summed E-state index contributed by atoms with van der Waals surface area (Å²) in [6, 6.07) is 3.86. The number of rotatable bonds is 14. The molecule has 2 aliphatic rings. The van der Waals surface area contributed by atoms with Gasteiger partial charge in [0.1, 0.15) is 0 Å². The number of hydrogen-bond donors (Lipinski definition) is 2. The number of imidazole rings is 1. The predicted molar refractivity (Wildman–Crippen MR) is 165 cm³/mol.